The quantitative estimate of drug-likeness (QED) is 0.870. The van der Waals surface area contributed by atoms with Crippen LogP contribution in [0.4, 0.5) is 0 Å². The van der Waals surface area contributed by atoms with Gasteiger partial charge in [-0.2, -0.15) is 0 Å². The molecule has 1 saturated carbocycles. The van der Waals surface area contributed by atoms with Gasteiger partial charge in [0.15, 0.2) is 0 Å². The van der Waals surface area contributed by atoms with Crippen molar-refractivity contribution in [2.45, 2.75) is 43.6 Å². The average Bonchev–Trinajstić information content (AvgIpc) is 3.38. The molecule has 3 rings (SSSR count). The maximum absolute atomic E-state index is 12.9. The van der Waals surface area contributed by atoms with Crippen LogP contribution in [0.2, 0.25) is 0 Å². The highest BCUT2D eigenvalue weighted by molar-refractivity contribution is 5.95. The monoisotopic (exact) mass is 317 g/mol. The number of carbonyl (C=O) groups is 2. The van der Waals surface area contributed by atoms with E-state index in [1.807, 2.05) is 6.07 Å². The highest BCUT2D eigenvalue weighted by atomic mass is 16.3. The topological polar surface area (TPSA) is 82.5 Å². The predicted octanol–water partition coefficient (Wildman–Crippen LogP) is 1.06. The molecular weight excluding hydrogens is 294 g/mol. The first-order valence-corrected chi connectivity index (χ1v) is 8.19. The number of piperidine rings is 1. The molecule has 2 aliphatic rings. The summed E-state index contributed by atoms with van der Waals surface area (Å²) in [6.45, 7) is 0.798. The van der Waals surface area contributed by atoms with E-state index in [1.165, 1.54) is 0 Å². The number of aliphatic hydroxyl groups is 1. The van der Waals surface area contributed by atoms with E-state index in [0.717, 1.165) is 18.5 Å². The number of hydrogen-bond acceptors (Lipinski definition) is 4. The SMILES string of the molecule is CNC(=O)CC1(O)CCCN(C(=O)c2cccnc2C2CC2)C1. The molecule has 1 aliphatic carbocycles. The lowest BCUT2D eigenvalue weighted by Crippen LogP contribution is -2.52. The second-order valence-corrected chi connectivity index (χ2v) is 6.62. The lowest BCUT2D eigenvalue weighted by molar-refractivity contribution is -0.127. The second-order valence-electron chi connectivity index (χ2n) is 6.62. The van der Waals surface area contributed by atoms with Crippen LogP contribution < -0.4 is 5.32 Å². The molecule has 1 aromatic heterocycles. The van der Waals surface area contributed by atoms with E-state index in [0.29, 0.717) is 30.9 Å². The third-order valence-corrected chi connectivity index (χ3v) is 4.64. The summed E-state index contributed by atoms with van der Waals surface area (Å²) >= 11 is 0. The number of hydrogen-bond donors (Lipinski definition) is 2. The largest absolute Gasteiger partial charge is 0.388 e. The van der Waals surface area contributed by atoms with Crippen molar-refractivity contribution in [3.05, 3.63) is 29.6 Å². The number of β-amino-alcohol motifs (C(OH)–C–C–N with tert-alkyl or cyclic N) is 1. The molecule has 1 aliphatic heterocycles. The Morgan fingerprint density at radius 3 is 2.96 bits per heavy atom. The molecule has 2 heterocycles. The van der Waals surface area contributed by atoms with Gasteiger partial charge in [-0.25, -0.2) is 0 Å². The van der Waals surface area contributed by atoms with Crippen molar-refractivity contribution in [1.82, 2.24) is 15.2 Å². The molecule has 0 radical (unpaired) electrons. The first-order valence-electron chi connectivity index (χ1n) is 8.19. The van der Waals surface area contributed by atoms with Crippen molar-refractivity contribution < 1.29 is 14.7 Å². The van der Waals surface area contributed by atoms with E-state index in [1.54, 1.807) is 24.2 Å². The number of pyridine rings is 1. The molecule has 124 valence electrons. The number of aromatic nitrogens is 1. The van der Waals surface area contributed by atoms with Crippen LogP contribution >= 0.6 is 0 Å². The number of carbonyl (C=O) groups excluding carboxylic acids is 2. The molecule has 6 heteroatoms. The van der Waals surface area contributed by atoms with E-state index in [4.69, 9.17) is 0 Å². The Morgan fingerprint density at radius 1 is 1.48 bits per heavy atom. The molecule has 1 saturated heterocycles. The van der Waals surface area contributed by atoms with E-state index in [9.17, 15) is 14.7 Å². The average molecular weight is 317 g/mol. The minimum absolute atomic E-state index is 0.0236. The third kappa shape index (κ3) is 3.52. The maximum atomic E-state index is 12.9. The summed E-state index contributed by atoms with van der Waals surface area (Å²) in [5, 5.41) is 13.2. The summed E-state index contributed by atoms with van der Waals surface area (Å²) in [7, 11) is 1.55. The zero-order valence-corrected chi connectivity index (χ0v) is 13.4. The fourth-order valence-electron chi connectivity index (χ4n) is 3.27. The van der Waals surface area contributed by atoms with Gasteiger partial charge in [0.25, 0.3) is 5.91 Å². The minimum Gasteiger partial charge on any atom is -0.388 e. The van der Waals surface area contributed by atoms with E-state index in [-0.39, 0.29) is 24.8 Å². The van der Waals surface area contributed by atoms with Gasteiger partial charge < -0.3 is 15.3 Å². The first-order chi connectivity index (χ1) is 11.0. The molecule has 2 N–H and O–H groups in total. The van der Waals surface area contributed by atoms with Gasteiger partial charge in [0.1, 0.15) is 0 Å². The molecule has 2 fully saturated rings. The van der Waals surface area contributed by atoms with Crippen LogP contribution in [-0.2, 0) is 4.79 Å². The Kier molecular flexibility index (Phi) is 4.35. The third-order valence-electron chi connectivity index (χ3n) is 4.64. The Balaban J connectivity index is 1.76. The van der Waals surface area contributed by atoms with Crippen LogP contribution in [0.25, 0.3) is 0 Å². The van der Waals surface area contributed by atoms with Crippen molar-refractivity contribution in [1.29, 1.82) is 0 Å². The molecular formula is C17H23N3O3. The minimum atomic E-state index is -1.14. The number of likely N-dealkylation sites (tertiary alicyclic amines) is 1. The van der Waals surface area contributed by atoms with Crippen LogP contribution in [0.5, 0.6) is 0 Å². The molecule has 0 aromatic carbocycles. The van der Waals surface area contributed by atoms with E-state index >= 15 is 0 Å². The molecule has 2 amide bonds. The van der Waals surface area contributed by atoms with Crippen LogP contribution in [0.1, 0.15) is 54.1 Å². The van der Waals surface area contributed by atoms with Crippen LogP contribution in [0.15, 0.2) is 18.3 Å². The van der Waals surface area contributed by atoms with Gasteiger partial charge in [-0.3, -0.25) is 14.6 Å². The fourth-order valence-corrected chi connectivity index (χ4v) is 3.27. The van der Waals surface area contributed by atoms with Crippen molar-refractivity contribution in [3.8, 4) is 0 Å². The number of amides is 2. The lowest BCUT2D eigenvalue weighted by Gasteiger charge is -2.39. The molecule has 1 atom stereocenters. The number of nitrogens with one attached hydrogen (secondary N) is 1. The molecule has 23 heavy (non-hydrogen) atoms. The first kappa shape index (κ1) is 15.9. The standard InChI is InChI=1S/C17H23N3O3/c1-18-14(21)10-17(23)7-3-9-20(11-17)16(22)13-4-2-8-19-15(13)12-5-6-12/h2,4,8,12,23H,3,5-7,9-11H2,1H3,(H,18,21). The van der Waals surface area contributed by atoms with Gasteiger partial charge in [-0.05, 0) is 37.8 Å². The zero-order chi connectivity index (χ0) is 16.4. The maximum Gasteiger partial charge on any atom is 0.255 e. The Morgan fingerprint density at radius 2 is 2.26 bits per heavy atom. The fraction of sp³-hybridized carbons (Fsp3) is 0.588. The summed E-state index contributed by atoms with van der Waals surface area (Å²) < 4.78 is 0. The van der Waals surface area contributed by atoms with Crippen molar-refractivity contribution in [3.63, 3.8) is 0 Å². The predicted molar refractivity (Wildman–Crippen MR) is 85.0 cm³/mol. The van der Waals surface area contributed by atoms with Gasteiger partial charge in [-0.1, -0.05) is 0 Å². The van der Waals surface area contributed by atoms with Crippen molar-refractivity contribution in [2.24, 2.45) is 0 Å². The molecule has 1 unspecified atom stereocenters. The Hall–Kier alpha value is -1.95. The lowest BCUT2D eigenvalue weighted by atomic mass is 9.88. The molecule has 0 spiro atoms. The van der Waals surface area contributed by atoms with Crippen LogP contribution in [0.3, 0.4) is 0 Å². The van der Waals surface area contributed by atoms with Gasteiger partial charge in [0, 0.05) is 25.7 Å². The highest BCUT2D eigenvalue weighted by Crippen LogP contribution is 2.40. The summed E-state index contributed by atoms with van der Waals surface area (Å²) in [5.41, 5.74) is 0.368. The summed E-state index contributed by atoms with van der Waals surface area (Å²) in [5.74, 6) is 0.0987. The summed E-state index contributed by atoms with van der Waals surface area (Å²) in [6, 6.07) is 3.59. The Bertz CT molecular complexity index is 615. The molecule has 6 nitrogen and oxygen atoms in total. The van der Waals surface area contributed by atoms with Gasteiger partial charge >= 0.3 is 0 Å². The molecule has 0 bridgehead atoms. The van der Waals surface area contributed by atoms with E-state index < -0.39 is 5.60 Å². The van der Waals surface area contributed by atoms with Gasteiger partial charge in [0.2, 0.25) is 5.91 Å². The number of nitrogens with zero attached hydrogens (tertiary/aromatic N) is 2. The number of rotatable bonds is 4. The summed E-state index contributed by atoms with van der Waals surface area (Å²) in [4.78, 5) is 30.5. The van der Waals surface area contributed by atoms with Crippen LogP contribution in [0, 0.1) is 0 Å². The normalized spacial score (nSPS) is 24.3. The van der Waals surface area contributed by atoms with Crippen molar-refractivity contribution >= 4 is 11.8 Å². The summed E-state index contributed by atoms with van der Waals surface area (Å²) in [6.07, 6.45) is 5.14. The highest BCUT2D eigenvalue weighted by Gasteiger charge is 2.38. The van der Waals surface area contributed by atoms with Gasteiger partial charge in [0.05, 0.1) is 29.8 Å². The van der Waals surface area contributed by atoms with Gasteiger partial charge in [-0.15, -0.1) is 0 Å². The molecule has 1 aromatic rings. The van der Waals surface area contributed by atoms with Crippen LogP contribution in [-0.4, -0.2) is 52.5 Å². The van der Waals surface area contributed by atoms with Crippen molar-refractivity contribution in [2.75, 3.05) is 20.1 Å². The second kappa shape index (κ2) is 6.28. The van der Waals surface area contributed by atoms with E-state index in [2.05, 4.69) is 10.3 Å². The zero-order valence-electron chi connectivity index (χ0n) is 13.4. The smallest absolute Gasteiger partial charge is 0.255 e. The Labute approximate surface area is 135 Å².